The molecule has 0 saturated heterocycles. The first kappa shape index (κ1) is 13.7. The fourth-order valence-corrected chi connectivity index (χ4v) is 2.52. The number of rotatable bonds is 6. The number of anilines is 2. The molecule has 0 aromatic carbocycles. The summed E-state index contributed by atoms with van der Waals surface area (Å²) in [6.45, 7) is 7.65. The highest BCUT2D eigenvalue weighted by atomic mass is 32.1. The Kier molecular flexibility index (Phi) is 4.68. The zero-order chi connectivity index (χ0) is 13.7. The summed E-state index contributed by atoms with van der Waals surface area (Å²) in [7, 11) is 0. The van der Waals surface area contributed by atoms with E-state index in [9.17, 15) is 0 Å². The van der Waals surface area contributed by atoms with Crippen molar-refractivity contribution < 1.29 is 0 Å². The highest BCUT2D eigenvalue weighted by Gasteiger charge is 2.02. The smallest absolute Gasteiger partial charge is 0.131 e. The van der Waals surface area contributed by atoms with Gasteiger partial charge >= 0.3 is 0 Å². The van der Waals surface area contributed by atoms with Crippen LogP contribution in [0.4, 0.5) is 11.6 Å². The van der Waals surface area contributed by atoms with Crippen molar-refractivity contribution in [3.63, 3.8) is 0 Å². The number of nitrogens with one attached hydrogen (secondary N) is 2. The third-order valence-electron chi connectivity index (χ3n) is 2.51. The standard InChI is InChI=1S/C13H19N5S/c1-4-14-11-7-12(18-10(3)17-11)15-6-5-13-16-9(2)8-19-13/h7-8H,4-6H2,1-3H3,(H2,14,15,17,18). The summed E-state index contributed by atoms with van der Waals surface area (Å²) in [4.78, 5) is 13.1. The van der Waals surface area contributed by atoms with Gasteiger partial charge in [0.15, 0.2) is 0 Å². The molecule has 0 aliphatic rings. The van der Waals surface area contributed by atoms with Crippen LogP contribution in [-0.2, 0) is 6.42 Å². The van der Waals surface area contributed by atoms with Crippen LogP contribution in [0, 0.1) is 13.8 Å². The van der Waals surface area contributed by atoms with E-state index in [1.165, 1.54) is 0 Å². The second-order valence-corrected chi connectivity index (χ2v) is 5.22. The average molecular weight is 277 g/mol. The molecule has 0 unspecified atom stereocenters. The minimum absolute atomic E-state index is 0.769. The molecule has 0 bridgehead atoms. The predicted octanol–water partition coefficient (Wildman–Crippen LogP) is 2.64. The van der Waals surface area contributed by atoms with Crippen molar-refractivity contribution in [3.8, 4) is 0 Å². The molecule has 0 fully saturated rings. The van der Waals surface area contributed by atoms with Crippen molar-refractivity contribution in [2.45, 2.75) is 27.2 Å². The topological polar surface area (TPSA) is 62.7 Å². The molecular formula is C13H19N5S. The second-order valence-electron chi connectivity index (χ2n) is 4.28. The van der Waals surface area contributed by atoms with Crippen molar-refractivity contribution in [1.29, 1.82) is 0 Å². The molecule has 0 radical (unpaired) electrons. The molecule has 102 valence electrons. The van der Waals surface area contributed by atoms with Crippen molar-refractivity contribution in [2.75, 3.05) is 23.7 Å². The quantitative estimate of drug-likeness (QED) is 0.850. The highest BCUT2D eigenvalue weighted by molar-refractivity contribution is 7.09. The van der Waals surface area contributed by atoms with Gasteiger partial charge in [0.05, 0.1) is 5.01 Å². The molecule has 2 aromatic rings. The monoisotopic (exact) mass is 277 g/mol. The normalized spacial score (nSPS) is 10.5. The van der Waals surface area contributed by atoms with E-state index >= 15 is 0 Å². The molecule has 0 spiro atoms. The maximum absolute atomic E-state index is 4.44. The van der Waals surface area contributed by atoms with E-state index in [1.54, 1.807) is 11.3 Å². The largest absolute Gasteiger partial charge is 0.370 e. The number of thiazole rings is 1. The second kappa shape index (κ2) is 6.47. The highest BCUT2D eigenvalue weighted by Crippen LogP contribution is 2.12. The molecule has 5 nitrogen and oxygen atoms in total. The Balaban J connectivity index is 1.91. The van der Waals surface area contributed by atoms with E-state index in [0.29, 0.717) is 0 Å². The molecular weight excluding hydrogens is 258 g/mol. The van der Waals surface area contributed by atoms with Gasteiger partial charge in [-0.1, -0.05) is 0 Å². The summed E-state index contributed by atoms with van der Waals surface area (Å²) in [5, 5.41) is 9.75. The van der Waals surface area contributed by atoms with Crippen molar-refractivity contribution in [1.82, 2.24) is 15.0 Å². The zero-order valence-corrected chi connectivity index (χ0v) is 12.3. The van der Waals surface area contributed by atoms with Crippen molar-refractivity contribution >= 4 is 23.0 Å². The number of aryl methyl sites for hydroxylation is 2. The fourth-order valence-electron chi connectivity index (χ4n) is 1.74. The van der Waals surface area contributed by atoms with E-state index < -0.39 is 0 Å². The number of hydrogen-bond donors (Lipinski definition) is 2. The zero-order valence-electron chi connectivity index (χ0n) is 11.5. The lowest BCUT2D eigenvalue weighted by Gasteiger charge is -2.08. The molecule has 0 aliphatic heterocycles. The molecule has 0 aliphatic carbocycles. The third kappa shape index (κ3) is 4.17. The third-order valence-corrected chi connectivity index (χ3v) is 3.53. The van der Waals surface area contributed by atoms with Crippen LogP contribution >= 0.6 is 11.3 Å². The van der Waals surface area contributed by atoms with Crippen LogP contribution in [0.1, 0.15) is 23.4 Å². The number of aromatic nitrogens is 3. The number of nitrogens with zero attached hydrogens (tertiary/aromatic N) is 3. The lowest BCUT2D eigenvalue weighted by Crippen LogP contribution is -2.09. The molecule has 0 amide bonds. The molecule has 2 N–H and O–H groups in total. The van der Waals surface area contributed by atoms with E-state index in [4.69, 9.17) is 0 Å². The van der Waals surface area contributed by atoms with Gasteiger partial charge in [0.25, 0.3) is 0 Å². The minimum atomic E-state index is 0.769. The summed E-state index contributed by atoms with van der Waals surface area (Å²) in [5.41, 5.74) is 1.09. The molecule has 0 atom stereocenters. The molecule has 2 heterocycles. The maximum atomic E-state index is 4.44. The first-order chi connectivity index (χ1) is 9.17. The summed E-state index contributed by atoms with van der Waals surface area (Å²) >= 11 is 1.70. The van der Waals surface area contributed by atoms with E-state index in [-0.39, 0.29) is 0 Å². The van der Waals surface area contributed by atoms with Gasteiger partial charge in [-0.15, -0.1) is 11.3 Å². The van der Waals surface area contributed by atoms with Crippen LogP contribution in [-0.4, -0.2) is 28.0 Å². The van der Waals surface area contributed by atoms with Crippen LogP contribution in [0.3, 0.4) is 0 Å². The fraction of sp³-hybridized carbons (Fsp3) is 0.462. The molecule has 0 saturated carbocycles. The van der Waals surface area contributed by atoms with Gasteiger partial charge in [0, 0.05) is 36.7 Å². The van der Waals surface area contributed by atoms with E-state index in [0.717, 1.165) is 47.7 Å². The minimum Gasteiger partial charge on any atom is -0.370 e. The molecule has 19 heavy (non-hydrogen) atoms. The summed E-state index contributed by atoms with van der Waals surface area (Å²) in [6.07, 6.45) is 0.915. The van der Waals surface area contributed by atoms with Crippen LogP contribution < -0.4 is 10.6 Å². The van der Waals surface area contributed by atoms with Gasteiger partial charge in [-0.05, 0) is 20.8 Å². The Morgan fingerprint density at radius 3 is 2.47 bits per heavy atom. The summed E-state index contributed by atoms with van der Waals surface area (Å²) in [6, 6.07) is 1.93. The Hall–Kier alpha value is -1.69. The van der Waals surface area contributed by atoms with E-state index in [2.05, 4.69) is 37.9 Å². The van der Waals surface area contributed by atoms with Gasteiger partial charge in [0.1, 0.15) is 17.5 Å². The first-order valence-electron chi connectivity index (χ1n) is 6.42. The Morgan fingerprint density at radius 1 is 1.11 bits per heavy atom. The summed E-state index contributed by atoms with van der Waals surface area (Å²) in [5.74, 6) is 2.49. The molecule has 2 aromatic heterocycles. The van der Waals surface area contributed by atoms with Gasteiger partial charge in [-0.3, -0.25) is 0 Å². The predicted molar refractivity (Wildman–Crippen MR) is 80.0 cm³/mol. The van der Waals surface area contributed by atoms with Gasteiger partial charge in [-0.25, -0.2) is 15.0 Å². The van der Waals surface area contributed by atoms with Crippen LogP contribution in [0.2, 0.25) is 0 Å². The SMILES string of the molecule is CCNc1cc(NCCc2nc(C)cs2)nc(C)n1. The van der Waals surface area contributed by atoms with Crippen molar-refractivity contribution in [3.05, 3.63) is 28.0 Å². The molecule has 2 rings (SSSR count). The van der Waals surface area contributed by atoms with Gasteiger partial charge in [-0.2, -0.15) is 0 Å². The van der Waals surface area contributed by atoms with Crippen LogP contribution in [0.15, 0.2) is 11.4 Å². The van der Waals surface area contributed by atoms with Crippen LogP contribution in [0.25, 0.3) is 0 Å². The lowest BCUT2D eigenvalue weighted by atomic mass is 10.4. The average Bonchev–Trinajstić information content (AvgIpc) is 2.75. The number of hydrogen-bond acceptors (Lipinski definition) is 6. The Morgan fingerprint density at radius 2 is 1.84 bits per heavy atom. The molecule has 6 heteroatoms. The maximum Gasteiger partial charge on any atom is 0.131 e. The summed E-state index contributed by atoms with van der Waals surface area (Å²) < 4.78 is 0. The first-order valence-corrected chi connectivity index (χ1v) is 7.29. The van der Waals surface area contributed by atoms with Crippen molar-refractivity contribution in [2.24, 2.45) is 0 Å². The van der Waals surface area contributed by atoms with Gasteiger partial charge < -0.3 is 10.6 Å². The Bertz CT molecular complexity index is 538. The van der Waals surface area contributed by atoms with Gasteiger partial charge in [0.2, 0.25) is 0 Å². The van der Waals surface area contributed by atoms with Crippen LogP contribution in [0.5, 0.6) is 0 Å². The Labute approximate surface area is 117 Å². The van der Waals surface area contributed by atoms with E-state index in [1.807, 2.05) is 19.9 Å². The lowest BCUT2D eigenvalue weighted by molar-refractivity contribution is 0.961.